The van der Waals surface area contributed by atoms with Crippen molar-refractivity contribution in [1.29, 1.82) is 0 Å². The summed E-state index contributed by atoms with van der Waals surface area (Å²) in [5, 5.41) is 20.2. The lowest BCUT2D eigenvalue weighted by atomic mass is 9.62. The molecule has 0 fully saturated rings. The van der Waals surface area contributed by atoms with Gasteiger partial charge in [0, 0.05) is 9.50 Å². The number of hydrogen-bond acceptors (Lipinski definition) is 4. The zero-order valence-corrected chi connectivity index (χ0v) is 15.1. The van der Waals surface area contributed by atoms with Crippen LogP contribution in [0.15, 0.2) is 22.7 Å². The third kappa shape index (κ3) is 6.69. The molecule has 0 bridgehead atoms. The molecule has 4 nitrogen and oxygen atoms in total. The molecule has 0 saturated heterocycles. The fraction of sp³-hybridized carbons (Fsp3) is 0.533. The summed E-state index contributed by atoms with van der Waals surface area (Å²) in [5.41, 5.74) is 0.923. The van der Waals surface area contributed by atoms with Gasteiger partial charge in [-0.2, -0.15) is 0 Å². The molecule has 22 heavy (non-hydrogen) atoms. The van der Waals surface area contributed by atoms with Crippen LogP contribution in [0, 0.1) is 5.92 Å². The zero-order valence-electron chi connectivity index (χ0n) is 12.8. The molecule has 7 heteroatoms. The van der Waals surface area contributed by atoms with Gasteiger partial charge in [-0.15, -0.1) is 0 Å². The first kappa shape index (κ1) is 19.5. The number of aliphatic hydroxyl groups excluding tert-OH is 1. The Morgan fingerprint density at radius 3 is 2.73 bits per heavy atom. The Morgan fingerprint density at radius 1 is 1.50 bits per heavy atom. The molecular formula is C15H21BBrClO4. The highest BCUT2D eigenvalue weighted by Gasteiger charge is 2.24. The third-order valence-electron chi connectivity index (χ3n) is 3.31. The minimum absolute atomic E-state index is 0.0712. The van der Waals surface area contributed by atoms with E-state index in [2.05, 4.69) is 15.9 Å². The summed E-state index contributed by atoms with van der Waals surface area (Å²) >= 11 is 9.57. The molecule has 2 N–H and O–H groups in total. The van der Waals surface area contributed by atoms with Gasteiger partial charge >= 0.3 is 5.97 Å². The molecule has 0 aromatic heterocycles. The average Bonchev–Trinajstić information content (AvgIpc) is 2.41. The zero-order chi connectivity index (χ0) is 16.7. The van der Waals surface area contributed by atoms with E-state index in [1.807, 2.05) is 12.1 Å². The summed E-state index contributed by atoms with van der Waals surface area (Å²) in [6.45, 7) is 3.09. The van der Waals surface area contributed by atoms with Gasteiger partial charge in [0.2, 0.25) is 0 Å². The second-order valence-electron chi connectivity index (χ2n) is 5.39. The summed E-state index contributed by atoms with van der Waals surface area (Å²) in [6, 6.07) is 5.60. The van der Waals surface area contributed by atoms with Crippen LogP contribution >= 0.6 is 27.5 Å². The maximum atomic E-state index is 11.6. The topological polar surface area (TPSA) is 66.8 Å². The van der Waals surface area contributed by atoms with E-state index < -0.39 is 19.0 Å². The van der Waals surface area contributed by atoms with Crippen molar-refractivity contribution in [3.63, 3.8) is 0 Å². The van der Waals surface area contributed by atoms with E-state index in [0.717, 1.165) is 10.0 Å². The van der Waals surface area contributed by atoms with Crippen LogP contribution in [0.4, 0.5) is 0 Å². The molecule has 0 aliphatic heterocycles. The van der Waals surface area contributed by atoms with Gasteiger partial charge in [0.05, 0.1) is 6.61 Å². The van der Waals surface area contributed by atoms with Crippen LogP contribution in [0.25, 0.3) is 0 Å². The van der Waals surface area contributed by atoms with Gasteiger partial charge in [-0.05, 0) is 49.7 Å². The molecule has 122 valence electrons. The summed E-state index contributed by atoms with van der Waals surface area (Å²) in [5.74, 6) is -0.696. The van der Waals surface area contributed by atoms with E-state index in [1.165, 1.54) is 0 Å². The van der Waals surface area contributed by atoms with Gasteiger partial charge in [0.25, 0.3) is 6.92 Å². The van der Waals surface area contributed by atoms with Gasteiger partial charge in [0.1, 0.15) is 0 Å². The van der Waals surface area contributed by atoms with E-state index in [4.69, 9.17) is 16.3 Å². The number of rotatable bonds is 8. The van der Waals surface area contributed by atoms with Crippen LogP contribution in [0.1, 0.15) is 18.9 Å². The third-order valence-corrected chi connectivity index (χ3v) is 4.16. The lowest BCUT2D eigenvalue weighted by Crippen LogP contribution is -2.28. The van der Waals surface area contributed by atoms with E-state index in [0.29, 0.717) is 17.8 Å². The Bertz CT molecular complexity index is 498. The number of ether oxygens (including phenoxy) is 1. The monoisotopic (exact) mass is 390 g/mol. The van der Waals surface area contributed by atoms with Gasteiger partial charge in [-0.3, -0.25) is 0 Å². The number of carbonyl (C=O) groups is 1. The van der Waals surface area contributed by atoms with Crippen LogP contribution in [-0.4, -0.2) is 35.7 Å². The smallest absolute Gasteiger partial charge is 0.334 e. The molecule has 0 aliphatic rings. The minimum Gasteiger partial charge on any atom is -0.464 e. The average molecular weight is 391 g/mol. The predicted octanol–water partition coefficient (Wildman–Crippen LogP) is 3.19. The highest BCUT2D eigenvalue weighted by Crippen LogP contribution is 2.27. The summed E-state index contributed by atoms with van der Waals surface area (Å²) in [7, 11) is 0. The first-order valence-electron chi connectivity index (χ1n) is 7.30. The Balaban J connectivity index is 2.77. The van der Waals surface area contributed by atoms with Crippen molar-refractivity contribution in [1.82, 2.24) is 0 Å². The molecule has 0 heterocycles. The summed E-state index contributed by atoms with van der Waals surface area (Å²) in [4.78, 5) is 11.6. The lowest BCUT2D eigenvalue weighted by molar-refractivity contribution is -0.153. The number of benzene rings is 1. The molecule has 0 spiro atoms. The van der Waals surface area contributed by atoms with Crippen molar-refractivity contribution in [2.75, 3.05) is 6.61 Å². The lowest BCUT2D eigenvalue weighted by Gasteiger charge is -2.20. The molecule has 0 unspecified atom stereocenters. The van der Waals surface area contributed by atoms with E-state index in [9.17, 15) is 14.9 Å². The number of carbonyl (C=O) groups excluding carboxylic acids is 1. The molecule has 0 aliphatic carbocycles. The highest BCUT2D eigenvalue weighted by atomic mass is 79.9. The second kappa shape index (κ2) is 9.55. The minimum atomic E-state index is -1.18. The van der Waals surface area contributed by atoms with Crippen molar-refractivity contribution in [3.05, 3.63) is 33.3 Å². The standard InChI is InChI=1S/C15H21BBrClO4/c1-3-22-15(20)14(19)7-10(9-16(2)21)6-11-4-5-12(17)8-13(11)18/h4-5,8,10,14,19,21H,3,6-7,9H2,1-2H3/t10-,14-/m1/s1. The fourth-order valence-corrected chi connectivity index (χ4v) is 3.14. The van der Waals surface area contributed by atoms with Gasteiger partial charge in [0.15, 0.2) is 6.10 Å². The van der Waals surface area contributed by atoms with E-state index >= 15 is 0 Å². The van der Waals surface area contributed by atoms with Crippen LogP contribution in [0.2, 0.25) is 18.2 Å². The number of esters is 1. The van der Waals surface area contributed by atoms with Crippen molar-refractivity contribution in [2.45, 2.75) is 39.0 Å². The first-order valence-corrected chi connectivity index (χ1v) is 8.47. The fourth-order valence-electron chi connectivity index (χ4n) is 2.39. The van der Waals surface area contributed by atoms with Gasteiger partial charge in [-0.1, -0.05) is 40.4 Å². The molecule has 2 atom stereocenters. The van der Waals surface area contributed by atoms with Gasteiger partial charge in [-0.25, -0.2) is 4.79 Å². The Morgan fingerprint density at radius 2 is 2.18 bits per heavy atom. The quantitative estimate of drug-likeness (QED) is 0.528. The first-order chi connectivity index (χ1) is 10.3. The largest absolute Gasteiger partial charge is 0.464 e. The molecule has 1 aromatic carbocycles. The van der Waals surface area contributed by atoms with Crippen LogP contribution in [-0.2, 0) is 16.0 Å². The van der Waals surface area contributed by atoms with Crippen molar-refractivity contribution in [2.24, 2.45) is 5.92 Å². The van der Waals surface area contributed by atoms with Crippen molar-refractivity contribution in [3.8, 4) is 0 Å². The molecule has 0 saturated carbocycles. The van der Waals surface area contributed by atoms with Crippen LogP contribution in [0.3, 0.4) is 0 Å². The maximum absolute atomic E-state index is 11.6. The molecule has 0 radical (unpaired) electrons. The number of hydrogen-bond donors (Lipinski definition) is 2. The van der Waals surface area contributed by atoms with Crippen LogP contribution in [0.5, 0.6) is 0 Å². The Labute approximate surface area is 145 Å². The molecule has 0 amide bonds. The number of aliphatic hydroxyl groups is 1. The summed E-state index contributed by atoms with van der Waals surface area (Å²) < 4.78 is 5.70. The van der Waals surface area contributed by atoms with Crippen molar-refractivity contribution < 1.29 is 19.7 Å². The second-order valence-corrected chi connectivity index (χ2v) is 6.72. The molecular weight excluding hydrogens is 370 g/mol. The van der Waals surface area contributed by atoms with E-state index in [1.54, 1.807) is 19.8 Å². The molecule has 1 rings (SSSR count). The Kier molecular flexibility index (Phi) is 8.46. The van der Waals surface area contributed by atoms with Crippen LogP contribution < -0.4 is 0 Å². The van der Waals surface area contributed by atoms with E-state index in [-0.39, 0.29) is 18.9 Å². The maximum Gasteiger partial charge on any atom is 0.334 e. The predicted molar refractivity (Wildman–Crippen MR) is 92.2 cm³/mol. The molecule has 1 aromatic rings. The van der Waals surface area contributed by atoms with Crippen molar-refractivity contribution >= 4 is 40.4 Å². The highest BCUT2D eigenvalue weighted by molar-refractivity contribution is 9.10. The normalized spacial score (nSPS) is 13.5. The SMILES string of the molecule is CCOC(=O)[C@H](O)C[C@H](CB(C)O)Cc1ccc(Br)cc1Cl. The summed E-state index contributed by atoms with van der Waals surface area (Å²) in [6.07, 6.45) is 0.102. The Hall–Kier alpha value is -0.555. The van der Waals surface area contributed by atoms with Gasteiger partial charge < -0.3 is 14.9 Å². The number of halogens is 2.